The minimum atomic E-state index is -0.330. The minimum Gasteiger partial charge on any atom is -0.490 e. The summed E-state index contributed by atoms with van der Waals surface area (Å²) in [4.78, 5) is 0. The van der Waals surface area contributed by atoms with Crippen LogP contribution < -0.4 is 4.74 Å². The van der Waals surface area contributed by atoms with E-state index in [0.29, 0.717) is 12.4 Å². The highest BCUT2D eigenvalue weighted by Gasteiger charge is 2.02. The van der Waals surface area contributed by atoms with Crippen molar-refractivity contribution in [3.8, 4) is 5.75 Å². The fraction of sp³-hybridized carbons (Fsp3) is 0.200. The molecule has 0 spiro atoms. The van der Waals surface area contributed by atoms with Crippen molar-refractivity contribution in [2.45, 2.75) is 4.34 Å². The average molecular weight is 256 g/mol. The Kier molecular flexibility index (Phi) is 4.12. The average Bonchev–Trinajstić information content (AvgIpc) is 2.79. The summed E-state index contributed by atoms with van der Waals surface area (Å²) in [5.41, 5.74) is 1.68. The van der Waals surface area contributed by atoms with Gasteiger partial charge in [0.15, 0.2) is 15.9 Å². The van der Waals surface area contributed by atoms with E-state index < -0.39 is 0 Å². The van der Waals surface area contributed by atoms with Gasteiger partial charge in [0.2, 0.25) is 0 Å². The Balaban J connectivity index is 1.74. The molecule has 0 bridgehead atoms. The zero-order valence-electron chi connectivity index (χ0n) is 8.30. The number of rotatable bonds is 5. The summed E-state index contributed by atoms with van der Waals surface area (Å²) in [7, 11) is 0. The Morgan fingerprint density at radius 2 is 2.25 bits per heavy atom. The molecule has 0 N–H and O–H groups in total. The Morgan fingerprint density at radius 3 is 3.00 bits per heavy atom. The smallest absolute Gasteiger partial charge is 0.174 e. The molecule has 1 aromatic heterocycles. The van der Waals surface area contributed by atoms with Gasteiger partial charge in [-0.15, -0.1) is 10.2 Å². The lowest BCUT2D eigenvalue weighted by Gasteiger charge is -2.05. The number of nitrogens with zero attached hydrogens (tertiary/aromatic N) is 2. The van der Waals surface area contributed by atoms with E-state index in [0.717, 1.165) is 10.1 Å². The fourth-order valence-electron chi connectivity index (χ4n) is 1.07. The van der Waals surface area contributed by atoms with Crippen molar-refractivity contribution in [1.82, 2.24) is 10.2 Å². The molecule has 0 aliphatic carbocycles. The van der Waals surface area contributed by atoms with E-state index in [-0.39, 0.29) is 5.82 Å². The first-order chi connectivity index (χ1) is 7.86. The van der Waals surface area contributed by atoms with Crippen LogP contribution in [0.2, 0.25) is 0 Å². The van der Waals surface area contributed by atoms with Crippen molar-refractivity contribution in [3.63, 3.8) is 0 Å². The van der Waals surface area contributed by atoms with Gasteiger partial charge in [-0.25, -0.2) is 4.39 Å². The highest BCUT2D eigenvalue weighted by atomic mass is 32.2. The third-order valence-electron chi connectivity index (χ3n) is 1.74. The molecule has 0 unspecified atom stereocenters. The van der Waals surface area contributed by atoms with Crippen LogP contribution in [0.1, 0.15) is 0 Å². The van der Waals surface area contributed by atoms with Crippen LogP contribution in [0.25, 0.3) is 0 Å². The largest absolute Gasteiger partial charge is 0.490 e. The summed E-state index contributed by atoms with van der Waals surface area (Å²) in [6, 6.07) is 6.38. The molecule has 1 aromatic carbocycles. The molecule has 0 radical (unpaired) electrons. The van der Waals surface area contributed by atoms with Gasteiger partial charge in [0.25, 0.3) is 0 Å². The lowest BCUT2D eigenvalue weighted by Crippen LogP contribution is -2.01. The summed E-state index contributed by atoms with van der Waals surface area (Å²) < 4.78 is 19.3. The fourth-order valence-corrected chi connectivity index (χ4v) is 2.44. The summed E-state index contributed by atoms with van der Waals surface area (Å²) >= 11 is 3.03. The van der Waals surface area contributed by atoms with Crippen LogP contribution in [0.5, 0.6) is 5.75 Å². The Hall–Kier alpha value is -1.14. The van der Waals surface area contributed by atoms with E-state index >= 15 is 0 Å². The number of ether oxygens (including phenoxy) is 1. The zero-order chi connectivity index (χ0) is 11.2. The number of halogens is 1. The van der Waals surface area contributed by atoms with Crippen LogP contribution in [-0.2, 0) is 0 Å². The molecule has 2 aromatic rings. The van der Waals surface area contributed by atoms with Gasteiger partial charge in [-0.3, -0.25) is 0 Å². The molecule has 2 rings (SSSR count). The lowest BCUT2D eigenvalue weighted by atomic mass is 10.3. The van der Waals surface area contributed by atoms with Gasteiger partial charge < -0.3 is 4.74 Å². The van der Waals surface area contributed by atoms with Crippen LogP contribution in [0, 0.1) is 5.82 Å². The van der Waals surface area contributed by atoms with Gasteiger partial charge in [-0.1, -0.05) is 35.2 Å². The molecule has 0 saturated heterocycles. The Morgan fingerprint density at radius 1 is 1.38 bits per heavy atom. The standard InChI is InChI=1S/C10H9FN2OS2/c11-8-3-1-2-4-9(8)14-5-6-15-10-13-12-7-16-10/h1-4,7H,5-6H2. The first-order valence-electron chi connectivity index (χ1n) is 4.62. The molecule has 0 atom stereocenters. The molecule has 84 valence electrons. The SMILES string of the molecule is Fc1ccccc1OCCSc1nncs1. The normalized spacial score (nSPS) is 10.3. The molecule has 0 saturated carbocycles. The highest BCUT2D eigenvalue weighted by Crippen LogP contribution is 2.20. The van der Waals surface area contributed by atoms with E-state index in [4.69, 9.17) is 4.74 Å². The summed E-state index contributed by atoms with van der Waals surface area (Å²) in [6.45, 7) is 0.450. The maximum absolute atomic E-state index is 13.1. The lowest BCUT2D eigenvalue weighted by molar-refractivity contribution is 0.325. The molecule has 0 aliphatic heterocycles. The van der Waals surface area contributed by atoms with E-state index in [9.17, 15) is 4.39 Å². The van der Waals surface area contributed by atoms with E-state index in [1.54, 1.807) is 35.5 Å². The second-order valence-corrected chi connectivity index (χ2v) is 5.01. The third kappa shape index (κ3) is 3.18. The molecule has 0 fully saturated rings. The second-order valence-electron chi connectivity index (χ2n) is 2.83. The third-order valence-corrected chi connectivity index (χ3v) is 3.57. The molecule has 16 heavy (non-hydrogen) atoms. The molecule has 3 nitrogen and oxygen atoms in total. The molecule has 1 heterocycles. The maximum atomic E-state index is 13.1. The van der Waals surface area contributed by atoms with Crippen molar-refractivity contribution in [2.75, 3.05) is 12.4 Å². The van der Waals surface area contributed by atoms with Gasteiger partial charge in [0.05, 0.1) is 6.61 Å². The van der Waals surface area contributed by atoms with Gasteiger partial charge in [0.1, 0.15) is 5.51 Å². The first-order valence-corrected chi connectivity index (χ1v) is 6.49. The minimum absolute atomic E-state index is 0.292. The number of hydrogen-bond donors (Lipinski definition) is 0. The van der Waals surface area contributed by atoms with Crippen molar-refractivity contribution < 1.29 is 9.13 Å². The number of hydrogen-bond acceptors (Lipinski definition) is 5. The van der Waals surface area contributed by atoms with E-state index in [1.165, 1.54) is 17.4 Å². The monoisotopic (exact) mass is 256 g/mol. The van der Waals surface area contributed by atoms with Crippen LogP contribution in [0.4, 0.5) is 4.39 Å². The van der Waals surface area contributed by atoms with Crippen LogP contribution in [0.3, 0.4) is 0 Å². The van der Waals surface area contributed by atoms with E-state index in [2.05, 4.69) is 10.2 Å². The molecular weight excluding hydrogens is 247 g/mol. The Labute approximate surface area is 101 Å². The predicted molar refractivity (Wildman–Crippen MR) is 62.5 cm³/mol. The van der Waals surface area contributed by atoms with Gasteiger partial charge in [-0.2, -0.15) is 0 Å². The van der Waals surface area contributed by atoms with Crippen molar-refractivity contribution in [1.29, 1.82) is 0 Å². The molecular formula is C10H9FN2OS2. The van der Waals surface area contributed by atoms with Gasteiger partial charge in [0, 0.05) is 5.75 Å². The Bertz CT molecular complexity index is 436. The van der Waals surface area contributed by atoms with Crippen molar-refractivity contribution in [3.05, 3.63) is 35.6 Å². The topological polar surface area (TPSA) is 35.0 Å². The van der Waals surface area contributed by atoms with Crippen LogP contribution in [-0.4, -0.2) is 22.6 Å². The molecule has 6 heteroatoms. The number of thioether (sulfide) groups is 1. The van der Waals surface area contributed by atoms with Crippen LogP contribution >= 0.6 is 23.1 Å². The van der Waals surface area contributed by atoms with Crippen molar-refractivity contribution in [2.24, 2.45) is 0 Å². The number of aromatic nitrogens is 2. The zero-order valence-corrected chi connectivity index (χ0v) is 9.93. The quantitative estimate of drug-likeness (QED) is 0.608. The molecule has 0 amide bonds. The highest BCUT2D eigenvalue weighted by molar-refractivity contribution is 8.01. The predicted octanol–water partition coefficient (Wildman–Crippen LogP) is 2.85. The van der Waals surface area contributed by atoms with Crippen LogP contribution in [0.15, 0.2) is 34.1 Å². The van der Waals surface area contributed by atoms with Gasteiger partial charge >= 0.3 is 0 Å². The van der Waals surface area contributed by atoms with Gasteiger partial charge in [-0.05, 0) is 12.1 Å². The van der Waals surface area contributed by atoms with E-state index in [1.807, 2.05) is 0 Å². The summed E-state index contributed by atoms with van der Waals surface area (Å²) in [5, 5.41) is 7.60. The number of benzene rings is 1. The number of para-hydroxylation sites is 1. The maximum Gasteiger partial charge on any atom is 0.174 e. The second kappa shape index (κ2) is 5.81. The van der Waals surface area contributed by atoms with Crippen molar-refractivity contribution >= 4 is 23.1 Å². The first kappa shape index (κ1) is 11.3. The summed E-state index contributed by atoms with van der Waals surface area (Å²) in [5.74, 6) is 0.688. The molecule has 0 aliphatic rings. The summed E-state index contributed by atoms with van der Waals surface area (Å²) in [6.07, 6.45) is 0.